The van der Waals surface area contributed by atoms with Gasteiger partial charge in [-0.2, -0.15) is 0 Å². The Kier molecular flexibility index (Phi) is 34.3. The number of carbonyl (C=O) groups excluding carboxylic acids is 1. The summed E-state index contributed by atoms with van der Waals surface area (Å²) in [6, 6.07) is 0. The highest BCUT2D eigenvalue weighted by Gasteiger charge is 2.39. The van der Waals surface area contributed by atoms with Crippen LogP contribution >= 0.6 is 0 Å². The lowest BCUT2D eigenvalue weighted by molar-refractivity contribution is -0.139. The summed E-state index contributed by atoms with van der Waals surface area (Å²) in [5, 5.41) is 27.9. The maximum absolute atomic E-state index is 11.5. The molecule has 0 radical (unpaired) electrons. The topological polar surface area (TPSA) is 129 Å². The molecular weight excluding hydrogens is 1070 g/mol. The molecule has 0 saturated heterocycles. The lowest BCUT2D eigenvalue weighted by Crippen LogP contribution is -2.14. The molecule has 22 unspecified atom stereocenters. The van der Waals surface area contributed by atoms with E-state index < -0.39 is 17.9 Å². The van der Waals surface area contributed by atoms with Gasteiger partial charge in [-0.15, -0.1) is 0 Å². The van der Waals surface area contributed by atoms with Gasteiger partial charge < -0.3 is 20.1 Å². The summed E-state index contributed by atoms with van der Waals surface area (Å²) in [6.45, 7) is 19.7. The van der Waals surface area contributed by atoms with Crippen molar-refractivity contribution in [1.82, 2.24) is 0 Å². The van der Waals surface area contributed by atoms with E-state index in [2.05, 4.69) is 55.4 Å². The molecule has 0 aromatic rings. The van der Waals surface area contributed by atoms with Crippen molar-refractivity contribution in [2.45, 2.75) is 351 Å². The fourth-order valence-corrected chi connectivity index (χ4v) is 20.6. The summed E-state index contributed by atoms with van der Waals surface area (Å²) >= 11 is 0. The highest BCUT2D eigenvalue weighted by Crippen LogP contribution is 2.50. The average Bonchev–Trinajstić information content (AvgIpc) is 2.63. The van der Waals surface area contributed by atoms with Crippen molar-refractivity contribution in [2.24, 2.45) is 130 Å². The first-order valence-corrected chi connectivity index (χ1v) is 38.9. The van der Waals surface area contributed by atoms with Crippen LogP contribution in [0.1, 0.15) is 351 Å². The van der Waals surface area contributed by atoms with Crippen molar-refractivity contribution in [1.29, 1.82) is 0 Å². The molecule has 0 amide bonds. The Morgan fingerprint density at radius 2 is 0.667 bits per heavy atom. The van der Waals surface area contributed by atoms with Gasteiger partial charge in [0.25, 0.3) is 0 Å². The number of aliphatic carboxylic acids is 3. The number of aldehydes is 1. The average molecular weight is 1220 g/mol. The van der Waals surface area contributed by atoms with Gasteiger partial charge in [0.1, 0.15) is 6.29 Å². The quantitative estimate of drug-likeness (QED) is 0.0518. The molecule has 6 saturated carbocycles. The molecule has 7 nitrogen and oxygen atoms in total. The number of rotatable bonds is 47. The van der Waals surface area contributed by atoms with E-state index in [0.29, 0.717) is 42.9 Å². The Morgan fingerprint density at radius 1 is 0.333 bits per heavy atom. The molecule has 6 rings (SSSR count). The van der Waals surface area contributed by atoms with Gasteiger partial charge in [-0.1, -0.05) is 222 Å². The molecule has 22 atom stereocenters. The van der Waals surface area contributed by atoms with E-state index in [1.165, 1.54) is 250 Å². The zero-order valence-corrected chi connectivity index (χ0v) is 58.3. The minimum atomic E-state index is -0.653. The van der Waals surface area contributed by atoms with Gasteiger partial charge in [0.05, 0.1) is 0 Å². The number of carbonyl (C=O) groups is 4. The van der Waals surface area contributed by atoms with Gasteiger partial charge in [0.15, 0.2) is 0 Å². The van der Waals surface area contributed by atoms with E-state index in [9.17, 15) is 34.5 Å². The molecule has 7 heteroatoms. The van der Waals surface area contributed by atoms with E-state index in [1.54, 1.807) is 0 Å². The first kappa shape index (κ1) is 74.1. The van der Waals surface area contributed by atoms with E-state index in [4.69, 9.17) is 0 Å². The molecular formula is C80H142O7. The molecule has 0 spiro atoms. The predicted octanol–water partition coefficient (Wildman–Crippen LogP) is 23.2. The molecule has 0 aromatic heterocycles. The Balaban J connectivity index is 0.999. The largest absolute Gasteiger partial charge is 0.481 e. The maximum atomic E-state index is 11.5. The van der Waals surface area contributed by atoms with Gasteiger partial charge in [-0.05, 0) is 233 Å². The van der Waals surface area contributed by atoms with E-state index in [-0.39, 0.29) is 0 Å². The third-order valence-electron chi connectivity index (χ3n) is 26.8. The fraction of sp³-hybridized carbons (Fsp3) is 0.950. The van der Waals surface area contributed by atoms with Crippen LogP contribution < -0.4 is 0 Å². The van der Waals surface area contributed by atoms with Crippen LogP contribution in [0.5, 0.6) is 0 Å². The minimum Gasteiger partial charge on any atom is -0.481 e. The normalized spacial score (nSPS) is 31.1. The van der Waals surface area contributed by atoms with Gasteiger partial charge in [-0.25, -0.2) is 0 Å². The molecule has 0 aromatic carbocycles. The zero-order chi connectivity index (χ0) is 62.7. The second kappa shape index (κ2) is 40.2. The van der Waals surface area contributed by atoms with Gasteiger partial charge >= 0.3 is 17.9 Å². The van der Waals surface area contributed by atoms with Crippen LogP contribution in [0.4, 0.5) is 0 Å². The lowest BCUT2D eigenvalue weighted by atomic mass is 9.79. The summed E-state index contributed by atoms with van der Waals surface area (Å²) in [6.07, 6.45) is 59.6. The molecule has 6 aliphatic carbocycles. The van der Waals surface area contributed by atoms with Crippen molar-refractivity contribution < 1.29 is 34.5 Å². The lowest BCUT2D eigenvalue weighted by Gasteiger charge is -2.26. The predicted molar refractivity (Wildman–Crippen MR) is 364 cm³/mol. The van der Waals surface area contributed by atoms with E-state index >= 15 is 0 Å². The van der Waals surface area contributed by atoms with Gasteiger partial charge in [0.2, 0.25) is 0 Å². The van der Waals surface area contributed by atoms with Crippen LogP contribution in [-0.2, 0) is 19.2 Å². The number of hydrogen-bond acceptors (Lipinski definition) is 4. The van der Waals surface area contributed by atoms with Crippen LogP contribution in [0.25, 0.3) is 0 Å². The van der Waals surface area contributed by atoms with E-state index in [0.717, 1.165) is 139 Å². The van der Waals surface area contributed by atoms with Crippen molar-refractivity contribution in [3.8, 4) is 0 Å². The summed E-state index contributed by atoms with van der Waals surface area (Å²) in [5.74, 6) is 14.9. The molecule has 87 heavy (non-hydrogen) atoms. The van der Waals surface area contributed by atoms with Crippen LogP contribution in [0.15, 0.2) is 0 Å². The monoisotopic (exact) mass is 1220 g/mol. The summed E-state index contributed by atoms with van der Waals surface area (Å²) < 4.78 is 0. The first-order chi connectivity index (χ1) is 41.8. The third-order valence-corrected chi connectivity index (χ3v) is 26.8. The summed E-state index contributed by atoms with van der Waals surface area (Å²) in [7, 11) is 0. The van der Waals surface area contributed by atoms with Gasteiger partial charge in [-0.3, -0.25) is 14.4 Å². The van der Waals surface area contributed by atoms with Crippen LogP contribution in [0, 0.1) is 130 Å². The van der Waals surface area contributed by atoms with Crippen LogP contribution in [0.2, 0.25) is 0 Å². The Morgan fingerprint density at radius 3 is 1.08 bits per heavy atom. The highest BCUT2D eigenvalue weighted by molar-refractivity contribution is 5.67. The molecule has 504 valence electrons. The second-order valence-corrected chi connectivity index (χ2v) is 34.0. The summed E-state index contributed by atoms with van der Waals surface area (Å²) in [4.78, 5) is 45.2. The Hall–Kier alpha value is -1.92. The molecule has 6 fully saturated rings. The fourth-order valence-electron chi connectivity index (χ4n) is 20.6. The third kappa shape index (κ3) is 28.1. The number of carboxylic acid groups (broad SMARTS) is 3. The van der Waals surface area contributed by atoms with Crippen molar-refractivity contribution in [3.63, 3.8) is 0 Å². The molecule has 6 aliphatic rings. The molecule has 0 bridgehead atoms. The molecule has 3 N–H and O–H groups in total. The van der Waals surface area contributed by atoms with Crippen molar-refractivity contribution in [3.05, 3.63) is 0 Å². The standard InChI is InChI=1S/C80H142O7/c1-56(15-9-19-60(5)70-37-33-66(49-70)25-11-17-58(3)47-78(82)83)27-29-64(23-13-21-62(7)72-41-43-76(54-72)74-39-35-68(51-74)45-46-81)31-32-65(24-14-22-63(8)73-42-44-77(55-73)75-40-36-69(52-75)53-80(86)87)30-28-57(2)16-10-20-61(6)71-38-34-67(50-71)26-12-18-59(4)48-79(84)85/h46,56-77H,9-45,47-55H2,1-8H3,(H,82,83)(H,84,85)(H,86,87). The minimum absolute atomic E-state index is 0.294. The van der Waals surface area contributed by atoms with Crippen molar-refractivity contribution in [2.75, 3.05) is 0 Å². The SMILES string of the molecule is CC(CCCC(C)C1CCC(CCCC(C)CC(=O)O)C1)CCC(CCCC(C)C1CCC(C2CCC(CC=O)C2)C1)CCC(CCCC(C)C1CCC(C2CCC(CC(=O)O)C2)C1)CCC(C)CCCC(C)C1CCC(CCCC(C)CC(=O)O)C1. The van der Waals surface area contributed by atoms with E-state index in [1.807, 2.05) is 0 Å². The number of carboxylic acids is 3. The summed E-state index contributed by atoms with van der Waals surface area (Å²) in [5.41, 5.74) is 0. The van der Waals surface area contributed by atoms with Gasteiger partial charge in [0, 0.05) is 25.7 Å². The number of hydrogen-bond donors (Lipinski definition) is 3. The smallest absolute Gasteiger partial charge is 0.303 e. The molecule has 0 heterocycles. The molecule has 0 aliphatic heterocycles. The van der Waals surface area contributed by atoms with Crippen molar-refractivity contribution >= 4 is 24.2 Å². The Bertz CT molecular complexity index is 1900. The second-order valence-electron chi connectivity index (χ2n) is 34.0. The highest BCUT2D eigenvalue weighted by atomic mass is 16.4. The van der Waals surface area contributed by atoms with Crippen LogP contribution in [-0.4, -0.2) is 39.5 Å². The zero-order valence-electron chi connectivity index (χ0n) is 58.3. The van der Waals surface area contributed by atoms with Crippen LogP contribution in [0.3, 0.4) is 0 Å². The Labute approximate surface area is 537 Å². The first-order valence-electron chi connectivity index (χ1n) is 38.9. The maximum Gasteiger partial charge on any atom is 0.303 e.